The van der Waals surface area contributed by atoms with Crippen molar-refractivity contribution in [2.24, 2.45) is 5.41 Å². The van der Waals surface area contributed by atoms with E-state index >= 15 is 0 Å². The molecule has 86 valence electrons. The van der Waals surface area contributed by atoms with Gasteiger partial charge >= 0.3 is 0 Å². The minimum Gasteiger partial charge on any atom is -0.472 e. The van der Waals surface area contributed by atoms with Crippen molar-refractivity contribution in [1.29, 1.82) is 0 Å². The van der Waals surface area contributed by atoms with Crippen LogP contribution in [-0.2, 0) is 6.42 Å². The van der Waals surface area contributed by atoms with Gasteiger partial charge in [0.2, 0.25) is 0 Å². The molecule has 1 heterocycles. The van der Waals surface area contributed by atoms with Gasteiger partial charge in [0.05, 0.1) is 12.5 Å². The zero-order valence-electron chi connectivity index (χ0n) is 9.76. The summed E-state index contributed by atoms with van der Waals surface area (Å²) in [6.45, 7) is 4.46. The van der Waals surface area contributed by atoms with E-state index in [1.54, 1.807) is 6.26 Å². The summed E-state index contributed by atoms with van der Waals surface area (Å²) in [7, 11) is 0. The first-order valence-corrected chi connectivity index (χ1v) is 6.37. The Hall–Kier alpha value is -0.430. The number of alkyl halides is 1. The molecule has 0 aliphatic rings. The summed E-state index contributed by atoms with van der Waals surface area (Å²) in [5.74, 6) is 0.745. The average molecular weight is 229 g/mol. The van der Waals surface area contributed by atoms with Gasteiger partial charge in [-0.3, -0.25) is 0 Å². The van der Waals surface area contributed by atoms with Crippen LogP contribution in [0.1, 0.15) is 45.1 Å². The second-order valence-electron chi connectivity index (χ2n) is 4.40. The van der Waals surface area contributed by atoms with Crippen molar-refractivity contribution >= 4 is 11.6 Å². The second kappa shape index (κ2) is 6.22. The maximum atomic E-state index is 6.15. The van der Waals surface area contributed by atoms with Gasteiger partial charge in [0.15, 0.2) is 0 Å². The molecule has 0 bridgehead atoms. The number of hydrogen-bond donors (Lipinski definition) is 0. The van der Waals surface area contributed by atoms with E-state index in [0.717, 1.165) is 18.7 Å². The molecule has 1 rings (SSSR count). The minimum absolute atomic E-state index is 0.265. The van der Waals surface area contributed by atoms with Crippen molar-refractivity contribution in [3.63, 3.8) is 0 Å². The molecule has 0 spiro atoms. The fourth-order valence-electron chi connectivity index (χ4n) is 1.98. The molecule has 1 atom stereocenters. The first-order chi connectivity index (χ1) is 7.26. The van der Waals surface area contributed by atoms with Gasteiger partial charge in [-0.1, -0.05) is 26.7 Å². The molecular weight excluding hydrogens is 208 g/mol. The van der Waals surface area contributed by atoms with E-state index in [0.29, 0.717) is 0 Å². The van der Waals surface area contributed by atoms with Gasteiger partial charge in [0.1, 0.15) is 0 Å². The highest BCUT2D eigenvalue weighted by Crippen LogP contribution is 2.34. The zero-order chi connectivity index (χ0) is 11.1. The molecule has 1 aromatic heterocycles. The van der Waals surface area contributed by atoms with Crippen LogP contribution in [-0.4, -0.2) is 5.88 Å². The Morgan fingerprint density at radius 2 is 2.20 bits per heavy atom. The van der Waals surface area contributed by atoms with E-state index in [4.69, 9.17) is 16.0 Å². The summed E-state index contributed by atoms with van der Waals surface area (Å²) in [5, 5.41) is 0. The van der Waals surface area contributed by atoms with Crippen LogP contribution in [0.5, 0.6) is 0 Å². The first kappa shape index (κ1) is 12.6. The lowest BCUT2D eigenvalue weighted by molar-refractivity contribution is 0.278. The number of rotatable bonds is 7. The Bertz CT molecular complexity index is 250. The van der Waals surface area contributed by atoms with Gasteiger partial charge in [0, 0.05) is 5.88 Å². The van der Waals surface area contributed by atoms with Crippen molar-refractivity contribution in [2.45, 2.75) is 46.0 Å². The molecule has 1 unspecified atom stereocenters. The predicted molar refractivity (Wildman–Crippen MR) is 65.4 cm³/mol. The van der Waals surface area contributed by atoms with Gasteiger partial charge in [-0.15, -0.1) is 11.6 Å². The van der Waals surface area contributed by atoms with E-state index in [1.807, 2.05) is 12.3 Å². The molecule has 1 nitrogen and oxygen atoms in total. The van der Waals surface area contributed by atoms with Crippen LogP contribution in [0, 0.1) is 5.41 Å². The normalized spacial score (nSPS) is 15.1. The molecule has 0 N–H and O–H groups in total. The second-order valence-corrected chi connectivity index (χ2v) is 4.67. The third-order valence-electron chi connectivity index (χ3n) is 3.25. The molecule has 15 heavy (non-hydrogen) atoms. The van der Waals surface area contributed by atoms with Crippen LogP contribution in [0.2, 0.25) is 0 Å². The zero-order valence-corrected chi connectivity index (χ0v) is 10.5. The summed E-state index contributed by atoms with van der Waals surface area (Å²) in [5.41, 5.74) is 1.54. The van der Waals surface area contributed by atoms with Crippen molar-refractivity contribution in [1.82, 2.24) is 0 Å². The van der Waals surface area contributed by atoms with Crippen molar-refractivity contribution < 1.29 is 4.42 Å². The van der Waals surface area contributed by atoms with Crippen LogP contribution < -0.4 is 0 Å². The molecule has 0 fully saturated rings. The summed E-state index contributed by atoms with van der Waals surface area (Å²) in [6.07, 6.45) is 9.48. The summed E-state index contributed by atoms with van der Waals surface area (Å²) in [6, 6.07) is 2.04. The van der Waals surface area contributed by atoms with E-state index in [1.165, 1.54) is 24.8 Å². The minimum atomic E-state index is 0.265. The summed E-state index contributed by atoms with van der Waals surface area (Å²) >= 11 is 6.15. The van der Waals surface area contributed by atoms with Crippen LogP contribution in [0.25, 0.3) is 0 Å². The van der Waals surface area contributed by atoms with E-state index in [9.17, 15) is 0 Å². The maximum absolute atomic E-state index is 6.15. The molecule has 0 saturated heterocycles. The number of hydrogen-bond acceptors (Lipinski definition) is 1. The van der Waals surface area contributed by atoms with Crippen LogP contribution in [0.3, 0.4) is 0 Å². The van der Waals surface area contributed by atoms with Crippen molar-refractivity contribution in [3.8, 4) is 0 Å². The SMILES string of the molecule is CCCCC(CC)(CCl)Cc1ccoc1. The first-order valence-electron chi connectivity index (χ1n) is 5.83. The fourth-order valence-corrected chi connectivity index (χ4v) is 2.39. The highest BCUT2D eigenvalue weighted by Gasteiger charge is 2.27. The smallest absolute Gasteiger partial charge is 0.0934 e. The molecule has 0 aromatic carbocycles. The van der Waals surface area contributed by atoms with Crippen molar-refractivity contribution in [3.05, 3.63) is 24.2 Å². The Morgan fingerprint density at radius 3 is 2.67 bits per heavy atom. The Morgan fingerprint density at radius 1 is 1.40 bits per heavy atom. The monoisotopic (exact) mass is 228 g/mol. The lowest BCUT2D eigenvalue weighted by atomic mass is 9.77. The average Bonchev–Trinajstić information content (AvgIpc) is 2.77. The van der Waals surface area contributed by atoms with E-state index in [-0.39, 0.29) is 5.41 Å². The van der Waals surface area contributed by atoms with E-state index < -0.39 is 0 Å². The highest BCUT2D eigenvalue weighted by atomic mass is 35.5. The molecular formula is C13H21ClO. The number of unbranched alkanes of at least 4 members (excludes halogenated alkanes) is 1. The topological polar surface area (TPSA) is 13.1 Å². The van der Waals surface area contributed by atoms with Crippen LogP contribution in [0.15, 0.2) is 23.0 Å². The van der Waals surface area contributed by atoms with Crippen LogP contribution in [0.4, 0.5) is 0 Å². The molecule has 0 aliphatic carbocycles. The number of halogens is 1. The third kappa shape index (κ3) is 3.57. The van der Waals surface area contributed by atoms with Gasteiger partial charge in [0.25, 0.3) is 0 Å². The number of furan rings is 1. The quantitative estimate of drug-likeness (QED) is 0.620. The predicted octanol–water partition coefficient (Wildman–Crippen LogP) is 4.65. The molecule has 0 amide bonds. The lowest BCUT2D eigenvalue weighted by Gasteiger charge is -2.30. The molecule has 0 radical (unpaired) electrons. The Balaban J connectivity index is 2.63. The third-order valence-corrected chi connectivity index (χ3v) is 3.82. The Labute approximate surface area is 97.8 Å². The Kier molecular flexibility index (Phi) is 5.24. The van der Waals surface area contributed by atoms with Crippen LogP contribution >= 0.6 is 11.6 Å². The summed E-state index contributed by atoms with van der Waals surface area (Å²) < 4.78 is 5.11. The standard InChI is InChI=1S/C13H21ClO/c1-3-5-7-13(4-2,11-14)9-12-6-8-15-10-12/h6,8,10H,3-5,7,9,11H2,1-2H3. The largest absolute Gasteiger partial charge is 0.472 e. The van der Waals surface area contributed by atoms with Gasteiger partial charge in [-0.05, 0) is 36.3 Å². The van der Waals surface area contributed by atoms with E-state index in [2.05, 4.69) is 13.8 Å². The molecule has 0 saturated carbocycles. The van der Waals surface area contributed by atoms with Crippen molar-refractivity contribution in [2.75, 3.05) is 5.88 Å². The molecule has 1 aromatic rings. The maximum Gasteiger partial charge on any atom is 0.0934 e. The fraction of sp³-hybridized carbons (Fsp3) is 0.692. The lowest BCUT2D eigenvalue weighted by Crippen LogP contribution is -2.24. The molecule has 2 heteroatoms. The van der Waals surface area contributed by atoms with Gasteiger partial charge < -0.3 is 4.42 Å². The molecule has 0 aliphatic heterocycles. The highest BCUT2D eigenvalue weighted by molar-refractivity contribution is 6.18. The van der Waals surface area contributed by atoms with Gasteiger partial charge in [-0.2, -0.15) is 0 Å². The summed E-state index contributed by atoms with van der Waals surface area (Å²) in [4.78, 5) is 0. The van der Waals surface area contributed by atoms with Gasteiger partial charge in [-0.25, -0.2) is 0 Å².